The first-order valence-corrected chi connectivity index (χ1v) is 6.31. The van der Waals surface area contributed by atoms with Crippen LogP contribution in [0.5, 0.6) is 0 Å². The van der Waals surface area contributed by atoms with Crippen molar-refractivity contribution in [2.75, 3.05) is 24.6 Å². The molecular weight excluding hydrogens is 233 g/mol. The second-order valence-corrected chi connectivity index (χ2v) is 4.61. The topological polar surface area (TPSA) is 41.3 Å². The Morgan fingerprint density at radius 1 is 1.28 bits per heavy atom. The van der Waals surface area contributed by atoms with Crippen LogP contribution in [0.2, 0.25) is 0 Å². The molecule has 1 aliphatic rings. The quantitative estimate of drug-likeness (QED) is 0.901. The highest BCUT2D eigenvalue weighted by Crippen LogP contribution is 2.25. The molecule has 1 aliphatic heterocycles. The van der Waals surface area contributed by atoms with Crippen LogP contribution >= 0.6 is 0 Å². The second-order valence-electron chi connectivity index (χ2n) is 4.61. The van der Waals surface area contributed by atoms with E-state index in [2.05, 4.69) is 9.88 Å². The number of aromatic nitrogens is 2. The first-order chi connectivity index (χ1) is 8.79. The first kappa shape index (κ1) is 11.5. The number of aliphatic hydroxyl groups excluding tert-OH is 1. The van der Waals surface area contributed by atoms with Crippen molar-refractivity contribution in [3.63, 3.8) is 0 Å². The minimum absolute atomic E-state index is 0.0592. The normalized spacial score (nSPS) is 15.8. The van der Waals surface area contributed by atoms with Crippen LogP contribution in [0.25, 0.3) is 11.0 Å². The van der Waals surface area contributed by atoms with Gasteiger partial charge >= 0.3 is 0 Å². The zero-order chi connectivity index (χ0) is 12.5. The largest absolute Gasteiger partial charge is 0.395 e. The number of fused-ring (bicyclic) bond motifs is 1. The van der Waals surface area contributed by atoms with Gasteiger partial charge < -0.3 is 14.6 Å². The Balaban J connectivity index is 2.13. The zero-order valence-electron chi connectivity index (χ0n) is 10.1. The van der Waals surface area contributed by atoms with Crippen molar-refractivity contribution in [2.24, 2.45) is 0 Å². The van der Waals surface area contributed by atoms with E-state index >= 15 is 0 Å². The van der Waals surface area contributed by atoms with Crippen LogP contribution in [0.3, 0.4) is 0 Å². The summed E-state index contributed by atoms with van der Waals surface area (Å²) < 4.78 is 15.2. The number of aliphatic hydroxyl groups is 1. The maximum atomic E-state index is 13.2. The molecule has 2 heterocycles. The molecule has 0 saturated carbocycles. The summed E-state index contributed by atoms with van der Waals surface area (Å²) in [5.74, 6) is 0.575. The summed E-state index contributed by atoms with van der Waals surface area (Å²) >= 11 is 0. The van der Waals surface area contributed by atoms with Crippen LogP contribution < -0.4 is 4.90 Å². The van der Waals surface area contributed by atoms with Crippen molar-refractivity contribution in [2.45, 2.75) is 19.4 Å². The Kier molecular flexibility index (Phi) is 2.91. The zero-order valence-corrected chi connectivity index (χ0v) is 10.1. The average Bonchev–Trinajstić information content (AvgIpc) is 2.97. The van der Waals surface area contributed by atoms with Crippen LogP contribution in [0.4, 0.5) is 10.3 Å². The van der Waals surface area contributed by atoms with Gasteiger partial charge in [-0.1, -0.05) is 0 Å². The van der Waals surface area contributed by atoms with E-state index < -0.39 is 0 Å². The van der Waals surface area contributed by atoms with Crippen molar-refractivity contribution in [3.05, 3.63) is 24.0 Å². The third-order valence-electron chi connectivity index (χ3n) is 3.40. The molecule has 3 rings (SSSR count). The van der Waals surface area contributed by atoms with Gasteiger partial charge in [0.25, 0.3) is 0 Å². The Hall–Kier alpha value is -1.62. The fraction of sp³-hybridized carbons (Fsp3) is 0.462. The maximum absolute atomic E-state index is 13.2. The smallest absolute Gasteiger partial charge is 0.206 e. The standard InChI is InChI=1S/C13H16FN3O/c14-10-3-4-12-11(9-10)15-13(17(12)7-8-18)16-5-1-2-6-16/h3-4,9,18H,1-2,5-8H2. The SMILES string of the molecule is OCCn1c(N2CCCC2)nc2cc(F)ccc21. The van der Waals surface area contributed by atoms with E-state index in [1.165, 1.54) is 12.1 Å². The Morgan fingerprint density at radius 3 is 2.78 bits per heavy atom. The summed E-state index contributed by atoms with van der Waals surface area (Å²) in [4.78, 5) is 6.71. The first-order valence-electron chi connectivity index (χ1n) is 6.31. The highest BCUT2D eigenvalue weighted by atomic mass is 19.1. The molecule has 4 nitrogen and oxygen atoms in total. The summed E-state index contributed by atoms with van der Waals surface area (Å²) in [5, 5.41) is 9.18. The summed E-state index contributed by atoms with van der Waals surface area (Å²) in [6.45, 7) is 2.52. The number of halogens is 1. The van der Waals surface area contributed by atoms with E-state index in [0.29, 0.717) is 12.1 Å². The highest BCUT2D eigenvalue weighted by Gasteiger charge is 2.20. The molecule has 1 saturated heterocycles. The van der Waals surface area contributed by atoms with Gasteiger partial charge in [-0.15, -0.1) is 0 Å². The van der Waals surface area contributed by atoms with Gasteiger partial charge in [-0.05, 0) is 25.0 Å². The molecule has 5 heteroatoms. The molecule has 18 heavy (non-hydrogen) atoms. The van der Waals surface area contributed by atoms with Gasteiger partial charge in [0.1, 0.15) is 5.82 Å². The fourth-order valence-corrected chi connectivity index (χ4v) is 2.57. The molecule has 0 amide bonds. The van der Waals surface area contributed by atoms with Gasteiger partial charge in [0, 0.05) is 25.7 Å². The molecule has 0 spiro atoms. The van der Waals surface area contributed by atoms with Crippen LogP contribution in [-0.4, -0.2) is 34.4 Å². The molecule has 1 aromatic carbocycles. The second kappa shape index (κ2) is 4.57. The van der Waals surface area contributed by atoms with Gasteiger partial charge in [0.05, 0.1) is 17.6 Å². The van der Waals surface area contributed by atoms with Gasteiger partial charge in [0.15, 0.2) is 0 Å². The Morgan fingerprint density at radius 2 is 2.06 bits per heavy atom. The Labute approximate surface area is 105 Å². The lowest BCUT2D eigenvalue weighted by molar-refractivity contribution is 0.278. The lowest BCUT2D eigenvalue weighted by Crippen LogP contribution is -2.22. The highest BCUT2D eigenvalue weighted by molar-refractivity contribution is 5.79. The third-order valence-corrected chi connectivity index (χ3v) is 3.40. The number of nitrogens with zero attached hydrogens (tertiary/aromatic N) is 3. The predicted octanol–water partition coefficient (Wildman–Crippen LogP) is 1.77. The molecule has 0 atom stereocenters. The molecule has 1 aromatic heterocycles. The fourth-order valence-electron chi connectivity index (χ4n) is 2.57. The summed E-state index contributed by atoms with van der Waals surface area (Å²) in [7, 11) is 0. The summed E-state index contributed by atoms with van der Waals surface area (Å²) in [6, 6.07) is 4.61. The number of rotatable bonds is 3. The van der Waals surface area contributed by atoms with Gasteiger partial charge in [-0.3, -0.25) is 0 Å². The van der Waals surface area contributed by atoms with E-state index in [-0.39, 0.29) is 12.4 Å². The molecule has 0 radical (unpaired) electrons. The van der Waals surface area contributed by atoms with E-state index in [9.17, 15) is 9.50 Å². The van der Waals surface area contributed by atoms with E-state index in [1.54, 1.807) is 6.07 Å². The van der Waals surface area contributed by atoms with Gasteiger partial charge in [-0.2, -0.15) is 0 Å². The minimum Gasteiger partial charge on any atom is -0.395 e. The minimum atomic E-state index is -0.274. The molecule has 2 aromatic rings. The van der Waals surface area contributed by atoms with Crippen molar-refractivity contribution in [3.8, 4) is 0 Å². The Bertz CT molecular complexity index is 561. The third kappa shape index (κ3) is 1.84. The molecular formula is C13H16FN3O. The molecule has 0 unspecified atom stereocenters. The number of anilines is 1. The van der Waals surface area contributed by atoms with Crippen LogP contribution in [0.15, 0.2) is 18.2 Å². The monoisotopic (exact) mass is 249 g/mol. The number of benzene rings is 1. The molecule has 0 aliphatic carbocycles. The maximum Gasteiger partial charge on any atom is 0.206 e. The number of hydrogen-bond acceptors (Lipinski definition) is 3. The van der Waals surface area contributed by atoms with Crippen molar-refractivity contribution in [1.82, 2.24) is 9.55 Å². The van der Waals surface area contributed by atoms with E-state index in [4.69, 9.17) is 0 Å². The molecule has 96 valence electrons. The number of imidazole rings is 1. The molecule has 0 bridgehead atoms. The lowest BCUT2D eigenvalue weighted by atomic mass is 10.3. The molecule has 1 N–H and O–H groups in total. The van der Waals surface area contributed by atoms with E-state index in [0.717, 1.165) is 37.4 Å². The van der Waals surface area contributed by atoms with Crippen LogP contribution in [0.1, 0.15) is 12.8 Å². The van der Waals surface area contributed by atoms with E-state index in [1.807, 2.05) is 4.57 Å². The van der Waals surface area contributed by atoms with Crippen molar-refractivity contribution in [1.29, 1.82) is 0 Å². The average molecular weight is 249 g/mol. The van der Waals surface area contributed by atoms with Gasteiger partial charge in [0.2, 0.25) is 5.95 Å². The van der Waals surface area contributed by atoms with Crippen molar-refractivity contribution >= 4 is 17.0 Å². The van der Waals surface area contributed by atoms with Crippen LogP contribution in [-0.2, 0) is 6.54 Å². The molecule has 1 fully saturated rings. The lowest BCUT2D eigenvalue weighted by Gasteiger charge is -2.18. The van der Waals surface area contributed by atoms with Crippen molar-refractivity contribution < 1.29 is 9.50 Å². The summed E-state index contributed by atoms with van der Waals surface area (Å²) in [6.07, 6.45) is 2.33. The predicted molar refractivity (Wildman–Crippen MR) is 68.2 cm³/mol. The summed E-state index contributed by atoms with van der Waals surface area (Å²) in [5.41, 5.74) is 1.54. The number of hydrogen-bond donors (Lipinski definition) is 1. The van der Waals surface area contributed by atoms with Crippen LogP contribution in [0, 0.1) is 5.82 Å². The van der Waals surface area contributed by atoms with Gasteiger partial charge in [-0.25, -0.2) is 9.37 Å².